The number of alkyl halides is 1. The van der Waals surface area contributed by atoms with Crippen LogP contribution in [0.5, 0.6) is 0 Å². The standard InChI is InChI=1S/C10H19ClN2O3/c1-6(2)8(5-16-4)12-10(15)13-9(14)7(3)11/h6-8H,5H2,1-4H3,(H2,12,13,14,15). The van der Waals surface area contributed by atoms with Gasteiger partial charge in [-0.2, -0.15) is 0 Å². The minimum Gasteiger partial charge on any atom is -0.383 e. The van der Waals surface area contributed by atoms with E-state index in [1.807, 2.05) is 13.8 Å². The first-order valence-corrected chi connectivity index (χ1v) is 5.56. The molecule has 2 atom stereocenters. The molecule has 0 saturated heterocycles. The smallest absolute Gasteiger partial charge is 0.321 e. The van der Waals surface area contributed by atoms with Gasteiger partial charge in [-0.05, 0) is 12.8 Å². The Morgan fingerprint density at radius 1 is 1.31 bits per heavy atom. The van der Waals surface area contributed by atoms with Crippen molar-refractivity contribution >= 4 is 23.5 Å². The Labute approximate surface area is 101 Å². The molecule has 0 fully saturated rings. The number of hydrogen-bond donors (Lipinski definition) is 2. The highest BCUT2D eigenvalue weighted by molar-refractivity contribution is 6.31. The lowest BCUT2D eigenvalue weighted by Crippen LogP contribution is -2.49. The van der Waals surface area contributed by atoms with Gasteiger partial charge >= 0.3 is 6.03 Å². The number of imide groups is 1. The number of amides is 3. The van der Waals surface area contributed by atoms with Crippen molar-refractivity contribution < 1.29 is 14.3 Å². The molecule has 0 aromatic carbocycles. The highest BCUT2D eigenvalue weighted by Gasteiger charge is 2.18. The Kier molecular flexibility index (Phi) is 7.08. The number of halogens is 1. The van der Waals surface area contributed by atoms with Crippen LogP contribution in [0.15, 0.2) is 0 Å². The van der Waals surface area contributed by atoms with E-state index in [4.69, 9.17) is 16.3 Å². The van der Waals surface area contributed by atoms with Gasteiger partial charge in [0.15, 0.2) is 0 Å². The average Bonchev–Trinajstić information content (AvgIpc) is 2.16. The SMILES string of the molecule is COCC(NC(=O)NC(=O)C(C)Cl)C(C)C. The van der Waals surface area contributed by atoms with Gasteiger partial charge in [-0.25, -0.2) is 4.79 Å². The number of nitrogens with one attached hydrogen (secondary N) is 2. The fraction of sp³-hybridized carbons (Fsp3) is 0.800. The van der Waals surface area contributed by atoms with Gasteiger partial charge in [-0.1, -0.05) is 13.8 Å². The van der Waals surface area contributed by atoms with Crippen molar-refractivity contribution in [1.29, 1.82) is 0 Å². The zero-order valence-electron chi connectivity index (χ0n) is 10.0. The van der Waals surface area contributed by atoms with Crippen molar-refractivity contribution in [3.63, 3.8) is 0 Å². The normalized spacial score (nSPS) is 14.4. The van der Waals surface area contributed by atoms with E-state index in [9.17, 15) is 9.59 Å². The number of methoxy groups -OCH3 is 1. The van der Waals surface area contributed by atoms with Gasteiger partial charge in [0.05, 0.1) is 12.6 Å². The van der Waals surface area contributed by atoms with E-state index in [1.165, 1.54) is 6.92 Å². The van der Waals surface area contributed by atoms with Gasteiger partial charge in [-0.3, -0.25) is 10.1 Å². The maximum absolute atomic E-state index is 11.4. The summed E-state index contributed by atoms with van der Waals surface area (Å²) < 4.78 is 4.97. The summed E-state index contributed by atoms with van der Waals surface area (Å²) in [6, 6.07) is -0.684. The molecule has 16 heavy (non-hydrogen) atoms. The molecule has 3 amide bonds. The Morgan fingerprint density at radius 2 is 1.88 bits per heavy atom. The molecular weight excluding hydrogens is 232 g/mol. The molecule has 0 rings (SSSR count). The molecule has 0 aliphatic rings. The van der Waals surface area contributed by atoms with Crippen LogP contribution < -0.4 is 10.6 Å². The van der Waals surface area contributed by atoms with Crippen LogP contribution in [0, 0.1) is 5.92 Å². The third kappa shape index (κ3) is 5.92. The van der Waals surface area contributed by atoms with Gasteiger partial charge in [0.2, 0.25) is 5.91 Å². The lowest BCUT2D eigenvalue weighted by molar-refractivity contribution is -0.119. The summed E-state index contributed by atoms with van der Waals surface area (Å²) in [5.74, 6) is -0.298. The topological polar surface area (TPSA) is 67.4 Å². The summed E-state index contributed by atoms with van der Waals surface area (Å²) >= 11 is 5.52. The highest BCUT2D eigenvalue weighted by Crippen LogP contribution is 2.01. The number of carbonyl (C=O) groups is 2. The van der Waals surface area contributed by atoms with Crippen LogP contribution in [-0.4, -0.2) is 37.1 Å². The third-order valence-corrected chi connectivity index (χ3v) is 2.26. The van der Waals surface area contributed by atoms with Gasteiger partial charge in [-0.15, -0.1) is 11.6 Å². The summed E-state index contributed by atoms with van der Waals surface area (Å²) in [5.41, 5.74) is 0. The first-order valence-electron chi connectivity index (χ1n) is 5.12. The Balaban J connectivity index is 4.14. The van der Waals surface area contributed by atoms with Crippen molar-refractivity contribution in [3.8, 4) is 0 Å². The third-order valence-electron chi connectivity index (χ3n) is 2.07. The van der Waals surface area contributed by atoms with E-state index in [0.717, 1.165) is 0 Å². The van der Waals surface area contributed by atoms with Crippen molar-refractivity contribution in [2.24, 2.45) is 5.92 Å². The summed E-state index contributed by atoms with van der Waals surface area (Å²) in [6.45, 7) is 5.81. The van der Waals surface area contributed by atoms with Crippen LogP contribution in [0.25, 0.3) is 0 Å². The molecule has 2 unspecified atom stereocenters. The second-order valence-corrected chi connectivity index (χ2v) is 4.54. The molecule has 0 aromatic heterocycles. The summed E-state index contributed by atoms with van der Waals surface area (Å²) in [6.07, 6.45) is 0. The molecule has 0 aliphatic heterocycles. The molecule has 0 spiro atoms. The number of hydrogen-bond acceptors (Lipinski definition) is 3. The van der Waals surface area contributed by atoms with Crippen molar-refractivity contribution in [2.75, 3.05) is 13.7 Å². The van der Waals surface area contributed by atoms with Crippen molar-refractivity contribution in [3.05, 3.63) is 0 Å². The zero-order valence-corrected chi connectivity index (χ0v) is 10.8. The molecule has 6 heteroatoms. The van der Waals surface area contributed by atoms with Gasteiger partial charge in [0.1, 0.15) is 5.38 Å². The maximum atomic E-state index is 11.4. The highest BCUT2D eigenvalue weighted by atomic mass is 35.5. The molecule has 2 N–H and O–H groups in total. The van der Waals surface area contributed by atoms with E-state index in [1.54, 1.807) is 7.11 Å². The lowest BCUT2D eigenvalue weighted by Gasteiger charge is -2.21. The Morgan fingerprint density at radius 3 is 2.25 bits per heavy atom. The Hall–Kier alpha value is -0.810. The van der Waals surface area contributed by atoms with Gasteiger partial charge in [0.25, 0.3) is 0 Å². The van der Waals surface area contributed by atoms with Crippen LogP contribution in [-0.2, 0) is 9.53 Å². The first kappa shape index (κ1) is 15.2. The Bertz CT molecular complexity index is 244. The first-order chi connectivity index (χ1) is 7.38. The second-order valence-electron chi connectivity index (χ2n) is 3.88. The average molecular weight is 251 g/mol. The van der Waals surface area contributed by atoms with Crippen LogP contribution >= 0.6 is 11.6 Å². The molecule has 0 aromatic rings. The van der Waals surface area contributed by atoms with E-state index in [0.29, 0.717) is 6.61 Å². The second kappa shape index (κ2) is 7.46. The predicted molar refractivity (Wildman–Crippen MR) is 62.5 cm³/mol. The number of rotatable bonds is 5. The molecule has 0 aliphatic carbocycles. The van der Waals surface area contributed by atoms with Gasteiger partial charge < -0.3 is 10.1 Å². The van der Waals surface area contributed by atoms with Crippen LogP contribution in [0.2, 0.25) is 0 Å². The molecule has 5 nitrogen and oxygen atoms in total. The van der Waals surface area contributed by atoms with E-state index < -0.39 is 17.3 Å². The maximum Gasteiger partial charge on any atom is 0.321 e. The minimum absolute atomic E-state index is 0.136. The van der Waals surface area contributed by atoms with Gasteiger partial charge in [0, 0.05) is 7.11 Å². The molecule has 0 saturated carbocycles. The number of ether oxygens (including phenoxy) is 1. The van der Waals surface area contributed by atoms with Crippen LogP contribution in [0.4, 0.5) is 4.79 Å². The molecule has 0 bridgehead atoms. The molecule has 0 radical (unpaired) electrons. The fourth-order valence-electron chi connectivity index (χ4n) is 0.996. The summed E-state index contributed by atoms with van der Waals surface area (Å²) in [7, 11) is 1.56. The summed E-state index contributed by atoms with van der Waals surface area (Å²) in [5, 5.41) is 4.06. The minimum atomic E-state index is -0.731. The van der Waals surface area contributed by atoms with E-state index >= 15 is 0 Å². The quantitative estimate of drug-likeness (QED) is 0.719. The number of carbonyl (C=O) groups excluding carboxylic acids is 2. The van der Waals surface area contributed by atoms with Crippen LogP contribution in [0.1, 0.15) is 20.8 Å². The molecule has 0 heterocycles. The zero-order chi connectivity index (χ0) is 12.7. The fourth-order valence-corrected chi connectivity index (χ4v) is 1.05. The molecule has 94 valence electrons. The largest absolute Gasteiger partial charge is 0.383 e. The monoisotopic (exact) mass is 250 g/mol. The predicted octanol–water partition coefficient (Wildman–Crippen LogP) is 1.11. The van der Waals surface area contributed by atoms with E-state index in [-0.39, 0.29) is 12.0 Å². The number of urea groups is 1. The summed E-state index contributed by atoms with van der Waals surface area (Å²) in [4.78, 5) is 22.5. The van der Waals surface area contributed by atoms with E-state index in [2.05, 4.69) is 10.6 Å². The lowest BCUT2D eigenvalue weighted by atomic mass is 10.1. The van der Waals surface area contributed by atoms with Crippen LogP contribution in [0.3, 0.4) is 0 Å². The van der Waals surface area contributed by atoms with Crippen molar-refractivity contribution in [2.45, 2.75) is 32.2 Å². The van der Waals surface area contributed by atoms with Crippen molar-refractivity contribution in [1.82, 2.24) is 10.6 Å². The molecular formula is C10H19ClN2O3.